The molecule has 0 heterocycles. The maximum Gasteiger partial charge on any atom is 0.0325 e. The average Bonchev–Trinajstić information content (AvgIpc) is 2.05. The van der Waals surface area contributed by atoms with Crippen molar-refractivity contribution in [1.29, 1.82) is 0 Å². The Balaban J connectivity index is 4.08. The van der Waals surface area contributed by atoms with Crippen LogP contribution in [0.4, 0.5) is 0 Å². The quantitative estimate of drug-likeness (QED) is 0.586. The molecule has 0 radical (unpaired) electrons. The van der Waals surface area contributed by atoms with Crippen LogP contribution in [-0.2, 0) is 0 Å². The molecule has 0 aromatic heterocycles. The topological polar surface area (TPSA) is 3.24 Å². The monoisotopic (exact) mass is 153 g/mol. The van der Waals surface area contributed by atoms with Crippen molar-refractivity contribution in [2.75, 3.05) is 0 Å². The Morgan fingerprint density at radius 1 is 1.36 bits per heavy atom. The lowest BCUT2D eigenvalue weighted by atomic mass is 10.1. The standard InChI is InChI=1S/C10H19N/c1-5-9-11(8-4)10(6-2)7-3/h5,8-10H,4,6-7H2,1-3H3/b9-5-. The summed E-state index contributed by atoms with van der Waals surface area (Å²) in [5.41, 5.74) is 0. The van der Waals surface area contributed by atoms with Gasteiger partial charge in [-0.2, -0.15) is 0 Å². The lowest BCUT2D eigenvalue weighted by Crippen LogP contribution is -2.23. The minimum absolute atomic E-state index is 0.615. The molecule has 0 aromatic carbocycles. The minimum Gasteiger partial charge on any atom is -0.352 e. The van der Waals surface area contributed by atoms with Gasteiger partial charge in [-0.25, -0.2) is 0 Å². The van der Waals surface area contributed by atoms with Crippen LogP contribution in [0.5, 0.6) is 0 Å². The van der Waals surface area contributed by atoms with Gasteiger partial charge < -0.3 is 4.90 Å². The fourth-order valence-corrected chi connectivity index (χ4v) is 1.21. The van der Waals surface area contributed by atoms with Gasteiger partial charge in [-0.15, -0.1) is 0 Å². The van der Waals surface area contributed by atoms with Crippen LogP contribution in [0, 0.1) is 0 Å². The van der Waals surface area contributed by atoms with Crippen LogP contribution in [0.3, 0.4) is 0 Å². The molecule has 0 N–H and O–H groups in total. The maximum absolute atomic E-state index is 3.77. The van der Waals surface area contributed by atoms with Gasteiger partial charge in [0.1, 0.15) is 0 Å². The van der Waals surface area contributed by atoms with Gasteiger partial charge in [-0.05, 0) is 32.2 Å². The van der Waals surface area contributed by atoms with Crippen LogP contribution in [-0.4, -0.2) is 10.9 Å². The highest BCUT2D eigenvalue weighted by Crippen LogP contribution is 2.08. The molecule has 0 atom stereocenters. The Morgan fingerprint density at radius 2 is 1.91 bits per heavy atom. The van der Waals surface area contributed by atoms with Crippen LogP contribution < -0.4 is 0 Å². The molecular formula is C10H19N. The van der Waals surface area contributed by atoms with Crippen LogP contribution in [0.25, 0.3) is 0 Å². The predicted molar refractivity (Wildman–Crippen MR) is 51.2 cm³/mol. The molecule has 64 valence electrons. The van der Waals surface area contributed by atoms with Crippen LogP contribution in [0.1, 0.15) is 33.6 Å². The van der Waals surface area contributed by atoms with Crippen molar-refractivity contribution in [2.24, 2.45) is 0 Å². The van der Waals surface area contributed by atoms with Gasteiger partial charge >= 0.3 is 0 Å². The second-order valence-corrected chi connectivity index (χ2v) is 2.58. The van der Waals surface area contributed by atoms with Crippen LogP contribution >= 0.6 is 0 Å². The van der Waals surface area contributed by atoms with Crippen LogP contribution in [0.2, 0.25) is 0 Å². The first-order valence-electron chi connectivity index (χ1n) is 4.32. The summed E-state index contributed by atoms with van der Waals surface area (Å²) in [6, 6.07) is 0.615. The van der Waals surface area contributed by atoms with Gasteiger partial charge in [0.25, 0.3) is 0 Å². The van der Waals surface area contributed by atoms with Gasteiger partial charge in [0.15, 0.2) is 0 Å². The Morgan fingerprint density at radius 3 is 2.18 bits per heavy atom. The van der Waals surface area contributed by atoms with Crippen molar-refractivity contribution < 1.29 is 0 Å². The molecule has 0 aliphatic carbocycles. The Kier molecular flexibility index (Phi) is 5.63. The molecule has 11 heavy (non-hydrogen) atoms. The van der Waals surface area contributed by atoms with Gasteiger partial charge in [0, 0.05) is 6.04 Å². The predicted octanol–water partition coefficient (Wildman–Crippen LogP) is 3.15. The highest BCUT2D eigenvalue weighted by Gasteiger charge is 2.06. The number of nitrogens with zero attached hydrogens (tertiary/aromatic N) is 1. The zero-order valence-electron chi connectivity index (χ0n) is 7.88. The van der Waals surface area contributed by atoms with Gasteiger partial charge in [0.05, 0.1) is 0 Å². The molecule has 0 amide bonds. The molecule has 0 unspecified atom stereocenters. The lowest BCUT2D eigenvalue weighted by Gasteiger charge is -2.24. The summed E-state index contributed by atoms with van der Waals surface area (Å²) in [5.74, 6) is 0. The highest BCUT2D eigenvalue weighted by atomic mass is 15.1. The maximum atomic E-state index is 3.77. The van der Waals surface area contributed by atoms with E-state index in [0.717, 1.165) is 0 Å². The summed E-state index contributed by atoms with van der Waals surface area (Å²) < 4.78 is 0. The van der Waals surface area contributed by atoms with Gasteiger partial charge in [-0.1, -0.05) is 26.5 Å². The largest absolute Gasteiger partial charge is 0.352 e. The molecule has 0 bridgehead atoms. The Hall–Kier alpha value is -0.720. The third-order valence-electron chi connectivity index (χ3n) is 1.90. The summed E-state index contributed by atoms with van der Waals surface area (Å²) in [4.78, 5) is 2.17. The first-order chi connectivity index (χ1) is 5.29. The van der Waals surface area contributed by atoms with Crippen molar-refractivity contribution in [3.05, 3.63) is 25.1 Å². The van der Waals surface area contributed by atoms with Crippen molar-refractivity contribution in [2.45, 2.75) is 39.7 Å². The first-order valence-corrected chi connectivity index (χ1v) is 4.32. The zero-order chi connectivity index (χ0) is 8.69. The number of rotatable bonds is 5. The molecule has 0 saturated carbocycles. The molecule has 0 saturated heterocycles. The second kappa shape index (κ2) is 6.02. The minimum atomic E-state index is 0.615. The summed E-state index contributed by atoms with van der Waals surface area (Å²) in [7, 11) is 0. The average molecular weight is 153 g/mol. The van der Waals surface area contributed by atoms with E-state index in [1.165, 1.54) is 12.8 Å². The van der Waals surface area contributed by atoms with Crippen molar-refractivity contribution >= 4 is 0 Å². The molecule has 0 aliphatic heterocycles. The Bertz CT molecular complexity index is 123. The third kappa shape index (κ3) is 3.26. The normalized spacial score (nSPS) is 10.9. The van der Waals surface area contributed by atoms with E-state index < -0.39 is 0 Å². The Labute approximate surface area is 70.4 Å². The van der Waals surface area contributed by atoms with Crippen LogP contribution in [0.15, 0.2) is 25.1 Å². The number of allylic oxidation sites excluding steroid dienone is 1. The van der Waals surface area contributed by atoms with Crippen molar-refractivity contribution in [1.82, 2.24) is 4.90 Å². The molecule has 0 spiro atoms. The molecular weight excluding hydrogens is 134 g/mol. The molecule has 0 fully saturated rings. The molecule has 0 rings (SSSR count). The smallest absolute Gasteiger partial charge is 0.0325 e. The fourth-order valence-electron chi connectivity index (χ4n) is 1.21. The van der Waals surface area contributed by atoms with E-state index in [2.05, 4.69) is 31.5 Å². The molecule has 1 heteroatoms. The lowest BCUT2D eigenvalue weighted by molar-refractivity contribution is 0.345. The summed E-state index contributed by atoms with van der Waals surface area (Å²) in [6.07, 6.45) is 8.35. The summed E-state index contributed by atoms with van der Waals surface area (Å²) >= 11 is 0. The SMILES string of the molecule is C=CN(/C=C\C)C(CC)CC. The zero-order valence-corrected chi connectivity index (χ0v) is 7.88. The van der Waals surface area contributed by atoms with E-state index >= 15 is 0 Å². The highest BCUT2D eigenvalue weighted by molar-refractivity contribution is 4.89. The summed E-state index contributed by atoms with van der Waals surface area (Å²) in [6.45, 7) is 10.2. The van der Waals surface area contributed by atoms with E-state index in [9.17, 15) is 0 Å². The van der Waals surface area contributed by atoms with E-state index in [1.807, 2.05) is 19.2 Å². The first kappa shape index (κ1) is 10.3. The number of hydrogen-bond acceptors (Lipinski definition) is 1. The van der Waals surface area contributed by atoms with Gasteiger partial charge in [0.2, 0.25) is 0 Å². The molecule has 1 nitrogen and oxygen atoms in total. The van der Waals surface area contributed by atoms with E-state index in [-0.39, 0.29) is 0 Å². The van der Waals surface area contributed by atoms with E-state index in [4.69, 9.17) is 0 Å². The third-order valence-corrected chi connectivity index (χ3v) is 1.90. The van der Waals surface area contributed by atoms with Crippen molar-refractivity contribution in [3.8, 4) is 0 Å². The summed E-state index contributed by atoms with van der Waals surface area (Å²) in [5, 5.41) is 0. The van der Waals surface area contributed by atoms with Gasteiger partial charge in [-0.3, -0.25) is 0 Å². The second-order valence-electron chi connectivity index (χ2n) is 2.58. The van der Waals surface area contributed by atoms with E-state index in [1.54, 1.807) is 0 Å². The number of hydrogen-bond donors (Lipinski definition) is 0. The van der Waals surface area contributed by atoms with Crippen molar-refractivity contribution in [3.63, 3.8) is 0 Å². The molecule has 0 aromatic rings. The fraction of sp³-hybridized carbons (Fsp3) is 0.600. The van der Waals surface area contributed by atoms with E-state index in [0.29, 0.717) is 6.04 Å². The molecule has 0 aliphatic rings.